The molecule has 2 aliphatic heterocycles. The summed E-state index contributed by atoms with van der Waals surface area (Å²) < 4.78 is 27.8. The summed E-state index contributed by atoms with van der Waals surface area (Å²) in [4.78, 5) is 12.6. The van der Waals surface area contributed by atoms with Crippen molar-refractivity contribution < 1.29 is 13.2 Å². The van der Waals surface area contributed by atoms with E-state index in [1.54, 1.807) is 16.4 Å². The highest BCUT2D eigenvalue weighted by atomic mass is 35.5. The maximum Gasteiger partial charge on any atom is 0.243 e. The molecule has 0 aromatic heterocycles. The SMILES string of the molecule is CCc1ccccc1S(=O)(=O)N1CCCC(CNC(=O)C2CCCN2)C1.Cl. The minimum Gasteiger partial charge on any atom is -0.354 e. The number of amides is 1. The zero-order valence-corrected chi connectivity index (χ0v) is 17.4. The number of nitrogens with one attached hydrogen (secondary N) is 2. The molecule has 0 aliphatic carbocycles. The summed E-state index contributed by atoms with van der Waals surface area (Å²) in [6.45, 7) is 4.43. The van der Waals surface area contributed by atoms with Crippen molar-refractivity contribution in [2.24, 2.45) is 5.92 Å². The summed E-state index contributed by atoms with van der Waals surface area (Å²) in [7, 11) is -3.48. The molecule has 2 N–H and O–H groups in total. The molecule has 1 amide bonds. The van der Waals surface area contributed by atoms with Crippen molar-refractivity contribution >= 4 is 28.3 Å². The van der Waals surface area contributed by atoms with Gasteiger partial charge in [0.2, 0.25) is 15.9 Å². The molecule has 1 aromatic rings. The van der Waals surface area contributed by atoms with Gasteiger partial charge in [-0.3, -0.25) is 4.79 Å². The predicted molar refractivity (Wildman–Crippen MR) is 109 cm³/mol. The summed E-state index contributed by atoms with van der Waals surface area (Å²) >= 11 is 0. The first-order valence-electron chi connectivity index (χ1n) is 9.61. The monoisotopic (exact) mass is 415 g/mol. The van der Waals surface area contributed by atoms with Crippen LogP contribution in [0.3, 0.4) is 0 Å². The van der Waals surface area contributed by atoms with Gasteiger partial charge in [0, 0.05) is 19.6 Å². The number of sulfonamides is 1. The van der Waals surface area contributed by atoms with E-state index < -0.39 is 10.0 Å². The number of piperidine rings is 1. The molecule has 152 valence electrons. The van der Waals surface area contributed by atoms with Crippen LogP contribution in [0.2, 0.25) is 0 Å². The Hall–Kier alpha value is -1.15. The number of halogens is 1. The number of benzene rings is 1. The molecule has 2 heterocycles. The lowest BCUT2D eigenvalue weighted by molar-refractivity contribution is -0.123. The van der Waals surface area contributed by atoms with Gasteiger partial charge < -0.3 is 10.6 Å². The third-order valence-electron chi connectivity index (χ3n) is 5.39. The largest absolute Gasteiger partial charge is 0.354 e. The first-order chi connectivity index (χ1) is 12.5. The van der Waals surface area contributed by atoms with E-state index in [1.807, 2.05) is 19.1 Å². The topological polar surface area (TPSA) is 78.5 Å². The summed E-state index contributed by atoms with van der Waals surface area (Å²) in [6, 6.07) is 7.15. The Balaban J connectivity index is 0.00000261. The molecule has 27 heavy (non-hydrogen) atoms. The lowest BCUT2D eigenvalue weighted by Gasteiger charge is -2.32. The number of carbonyl (C=O) groups is 1. The Kier molecular flexibility index (Phi) is 8.09. The van der Waals surface area contributed by atoms with Gasteiger partial charge in [-0.1, -0.05) is 25.1 Å². The van der Waals surface area contributed by atoms with Crippen LogP contribution in [0.5, 0.6) is 0 Å². The Labute approximate surface area is 168 Å². The van der Waals surface area contributed by atoms with Crippen LogP contribution in [0.4, 0.5) is 0 Å². The Morgan fingerprint density at radius 2 is 2.04 bits per heavy atom. The van der Waals surface area contributed by atoms with Gasteiger partial charge in [-0.2, -0.15) is 4.31 Å². The van der Waals surface area contributed by atoms with E-state index >= 15 is 0 Å². The molecular formula is C19H30ClN3O3S. The molecule has 2 saturated heterocycles. The van der Waals surface area contributed by atoms with Crippen molar-refractivity contribution in [3.63, 3.8) is 0 Å². The van der Waals surface area contributed by atoms with E-state index in [9.17, 15) is 13.2 Å². The number of carbonyl (C=O) groups excluding carboxylic acids is 1. The summed E-state index contributed by atoms with van der Waals surface area (Å²) in [5, 5.41) is 6.20. The Bertz CT molecular complexity index is 735. The fourth-order valence-corrected chi connectivity index (χ4v) is 5.72. The summed E-state index contributed by atoms with van der Waals surface area (Å²) in [6.07, 6.45) is 4.38. The fraction of sp³-hybridized carbons (Fsp3) is 0.632. The Morgan fingerprint density at radius 3 is 2.74 bits per heavy atom. The average Bonchev–Trinajstić information content (AvgIpc) is 3.21. The maximum atomic E-state index is 13.1. The van der Waals surface area contributed by atoms with E-state index in [0.29, 0.717) is 31.0 Å². The lowest BCUT2D eigenvalue weighted by Crippen LogP contribution is -2.46. The highest BCUT2D eigenvalue weighted by molar-refractivity contribution is 7.89. The van der Waals surface area contributed by atoms with Crippen molar-refractivity contribution in [2.75, 3.05) is 26.2 Å². The molecule has 2 atom stereocenters. The maximum absolute atomic E-state index is 13.1. The predicted octanol–water partition coefficient (Wildman–Crippen LogP) is 1.94. The van der Waals surface area contributed by atoms with Crippen LogP contribution in [0.15, 0.2) is 29.2 Å². The highest BCUT2D eigenvalue weighted by Crippen LogP contribution is 2.26. The number of hydrogen-bond acceptors (Lipinski definition) is 4. The number of nitrogens with zero attached hydrogens (tertiary/aromatic N) is 1. The van der Waals surface area contributed by atoms with Crippen LogP contribution in [-0.2, 0) is 21.2 Å². The highest BCUT2D eigenvalue weighted by Gasteiger charge is 2.32. The molecule has 1 aromatic carbocycles. The molecule has 0 saturated carbocycles. The normalized spacial score (nSPS) is 23.6. The zero-order valence-electron chi connectivity index (χ0n) is 15.8. The third-order valence-corrected chi connectivity index (χ3v) is 7.36. The van der Waals surface area contributed by atoms with Crippen molar-refractivity contribution in [1.82, 2.24) is 14.9 Å². The first-order valence-corrected chi connectivity index (χ1v) is 11.1. The van der Waals surface area contributed by atoms with Gasteiger partial charge in [0.1, 0.15) is 0 Å². The van der Waals surface area contributed by atoms with Gasteiger partial charge in [-0.05, 0) is 56.2 Å². The van der Waals surface area contributed by atoms with Gasteiger partial charge in [-0.15, -0.1) is 12.4 Å². The molecule has 0 bridgehead atoms. The Morgan fingerprint density at radius 1 is 1.26 bits per heavy atom. The van der Waals surface area contributed by atoms with Crippen molar-refractivity contribution in [3.05, 3.63) is 29.8 Å². The molecule has 3 rings (SSSR count). The molecule has 2 fully saturated rings. The molecule has 2 aliphatic rings. The van der Waals surface area contributed by atoms with Crippen molar-refractivity contribution in [1.29, 1.82) is 0 Å². The molecule has 0 radical (unpaired) electrons. The molecular weight excluding hydrogens is 386 g/mol. The fourth-order valence-electron chi connectivity index (χ4n) is 3.87. The van der Waals surface area contributed by atoms with Crippen molar-refractivity contribution in [2.45, 2.75) is 50.0 Å². The number of aryl methyl sites for hydroxylation is 1. The molecule has 2 unspecified atom stereocenters. The second-order valence-corrected chi connectivity index (χ2v) is 9.13. The van der Waals surface area contributed by atoms with Gasteiger partial charge in [0.25, 0.3) is 0 Å². The van der Waals surface area contributed by atoms with E-state index in [-0.39, 0.29) is 30.3 Å². The molecule has 8 heteroatoms. The van der Waals surface area contributed by atoms with Crippen LogP contribution >= 0.6 is 12.4 Å². The second-order valence-electron chi connectivity index (χ2n) is 7.23. The summed E-state index contributed by atoms with van der Waals surface area (Å²) in [5.74, 6) is 0.205. The molecule has 0 spiro atoms. The van der Waals surface area contributed by atoms with Crippen LogP contribution in [0.1, 0.15) is 38.2 Å². The van der Waals surface area contributed by atoms with Gasteiger partial charge in [-0.25, -0.2) is 8.42 Å². The zero-order chi connectivity index (χ0) is 18.6. The second kappa shape index (κ2) is 9.87. The number of hydrogen-bond donors (Lipinski definition) is 2. The molecule has 6 nitrogen and oxygen atoms in total. The quantitative estimate of drug-likeness (QED) is 0.744. The van der Waals surface area contributed by atoms with Crippen molar-refractivity contribution in [3.8, 4) is 0 Å². The minimum atomic E-state index is -3.48. The average molecular weight is 416 g/mol. The van der Waals surface area contributed by atoms with Gasteiger partial charge in [0.15, 0.2) is 0 Å². The smallest absolute Gasteiger partial charge is 0.243 e. The summed E-state index contributed by atoms with van der Waals surface area (Å²) in [5.41, 5.74) is 0.857. The third kappa shape index (κ3) is 5.22. The first kappa shape index (κ1) is 22.1. The van der Waals surface area contributed by atoms with Crippen LogP contribution in [0, 0.1) is 5.92 Å². The van der Waals surface area contributed by atoms with E-state index in [1.165, 1.54) is 0 Å². The lowest BCUT2D eigenvalue weighted by atomic mass is 9.99. The van der Waals surface area contributed by atoms with Crippen LogP contribution in [0.25, 0.3) is 0 Å². The minimum absolute atomic E-state index is 0. The standard InChI is InChI=1S/C19H29N3O3S.ClH/c1-2-16-8-3-4-10-18(16)26(24,25)22-12-6-7-15(14-22)13-21-19(23)17-9-5-11-20-17;/h3-4,8,10,15,17,20H,2,5-7,9,11-14H2,1H3,(H,21,23);1H. The van der Waals surface area contributed by atoms with E-state index in [4.69, 9.17) is 0 Å². The van der Waals surface area contributed by atoms with E-state index in [0.717, 1.165) is 37.8 Å². The van der Waals surface area contributed by atoms with E-state index in [2.05, 4.69) is 10.6 Å². The van der Waals surface area contributed by atoms with Crippen LogP contribution in [-0.4, -0.2) is 50.9 Å². The van der Waals surface area contributed by atoms with Gasteiger partial charge >= 0.3 is 0 Å². The van der Waals surface area contributed by atoms with Gasteiger partial charge in [0.05, 0.1) is 10.9 Å². The number of rotatable bonds is 6. The van der Waals surface area contributed by atoms with Crippen LogP contribution < -0.4 is 10.6 Å².